The maximum absolute atomic E-state index is 11.1. The fourth-order valence-corrected chi connectivity index (χ4v) is 1.10. The molecule has 0 saturated carbocycles. The second-order valence-corrected chi connectivity index (χ2v) is 3.26. The van der Waals surface area contributed by atoms with Gasteiger partial charge in [-0.2, -0.15) is 0 Å². The summed E-state index contributed by atoms with van der Waals surface area (Å²) < 4.78 is 5.35. The number of carbonyl (C=O) groups is 1. The lowest BCUT2D eigenvalue weighted by molar-refractivity contribution is -0.126. The Morgan fingerprint density at radius 1 is 1.43 bits per heavy atom. The average molecular weight is 214 g/mol. The Balaban J connectivity index is 2.60. The van der Waals surface area contributed by atoms with Gasteiger partial charge in [-0.3, -0.25) is 4.79 Å². The number of benzene rings is 1. The third-order valence-corrected chi connectivity index (χ3v) is 1.99. The predicted molar refractivity (Wildman–Crippen MR) is 55.6 cm³/mol. The lowest BCUT2D eigenvalue weighted by atomic mass is 10.3. The minimum atomic E-state index is -0.499. The number of amides is 1. The van der Waals surface area contributed by atoms with Crippen LogP contribution in [0, 0.1) is 0 Å². The van der Waals surface area contributed by atoms with Gasteiger partial charge in [0.2, 0.25) is 0 Å². The van der Waals surface area contributed by atoms with Crippen LogP contribution in [0.1, 0.15) is 6.92 Å². The molecule has 0 spiro atoms. The highest BCUT2D eigenvalue weighted by Gasteiger charge is 2.11. The fraction of sp³-hybridized carbons (Fsp3) is 0.300. The van der Waals surface area contributed by atoms with Crippen LogP contribution in [0.5, 0.6) is 5.75 Å². The molecule has 1 atom stereocenters. The van der Waals surface area contributed by atoms with Gasteiger partial charge in [-0.15, -0.1) is 0 Å². The first-order valence-electron chi connectivity index (χ1n) is 4.27. The first-order chi connectivity index (χ1) is 6.63. The highest BCUT2D eigenvalue weighted by Crippen LogP contribution is 2.16. The van der Waals surface area contributed by atoms with Gasteiger partial charge in [-0.05, 0) is 31.2 Å². The third-order valence-electron chi connectivity index (χ3n) is 1.74. The van der Waals surface area contributed by atoms with Gasteiger partial charge in [0.1, 0.15) is 5.75 Å². The SMILES string of the molecule is CNC(=O)[C@H](C)Oc1ccc(Cl)cc1. The van der Waals surface area contributed by atoms with Crippen LogP contribution >= 0.6 is 11.6 Å². The molecule has 76 valence electrons. The standard InChI is InChI=1S/C10H12ClNO2/c1-7(10(13)12-2)14-9-5-3-8(11)4-6-9/h3-7H,1-2H3,(H,12,13)/t7-/m0/s1. The quantitative estimate of drug-likeness (QED) is 0.832. The summed E-state index contributed by atoms with van der Waals surface area (Å²) in [6, 6.07) is 6.88. The van der Waals surface area contributed by atoms with Gasteiger partial charge in [0.25, 0.3) is 5.91 Å². The fourth-order valence-electron chi connectivity index (χ4n) is 0.974. The van der Waals surface area contributed by atoms with E-state index in [2.05, 4.69) is 5.32 Å². The first kappa shape index (κ1) is 10.9. The molecule has 0 aliphatic heterocycles. The summed E-state index contributed by atoms with van der Waals surface area (Å²) in [5, 5.41) is 3.15. The molecule has 0 aliphatic carbocycles. The Bertz CT molecular complexity index is 310. The molecule has 0 heterocycles. The Hall–Kier alpha value is -1.22. The van der Waals surface area contributed by atoms with E-state index in [1.54, 1.807) is 38.2 Å². The third kappa shape index (κ3) is 2.92. The van der Waals surface area contributed by atoms with E-state index in [0.29, 0.717) is 10.8 Å². The zero-order valence-corrected chi connectivity index (χ0v) is 8.84. The summed E-state index contributed by atoms with van der Waals surface area (Å²) in [7, 11) is 1.57. The van der Waals surface area contributed by atoms with Gasteiger partial charge in [-0.1, -0.05) is 11.6 Å². The topological polar surface area (TPSA) is 38.3 Å². The maximum atomic E-state index is 11.1. The van der Waals surface area contributed by atoms with Gasteiger partial charge in [0, 0.05) is 12.1 Å². The van der Waals surface area contributed by atoms with Crippen LogP contribution < -0.4 is 10.1 Å². The molecule has 0 fully saturated rings. The van der Waals surface area contributed by atoms with Crippen LogP contribution in [0.25, 0.3) is 0 Å². The molecule has 1 rings (SSSR count). The Kier molecular flexibility index (Phi) is 3.77. The number of hydrogen-bond acceptors (Lipinski definition) is 2. The molecular formula is C10H12ClNO2. The molecule has 4 heteroatoms. The molecule has 1 amide bonds. The van der Waals surface area contributed by atoms with E-state index in [1.807, 2.05) is 0 Å². The second kappa shape index (κ2) is 4.86. The van der Waals surface area contributed by atoms with Crippen molar-refractivity contribution in [3.8, 4) is 5.75 Å². The summed E-state index contributed by atoms with van der Waals surface area (Å²) in [5.74, 6) is 0.477. The summed E-state index contributed by atoms with van der Waals surface area (Å²) >= 11 is 5.70. The Morgan fingerprint density at radius 3 is 2.50 bits per heavy atom. The summed E-state index contributed by atoms with van der Waals surface area (Å²) in [6.07, 6.45) is -0.499. The Labute approximate surface area is 88.0 Å². The zero-order chi connectivity index (χ0) is 10.6. The monoisotopic (exact) mass is 213 g/mol. The first-order valence-corrected chi connectivity index (χ1v) is 4.65. The molecule has 3 nitrogen and oxygen atoms in total. The lowest BCUT2D eigenvalue weighted by Gasteiger charge is -2.12. The number of ether oxygens (including phenoxy) is 1. The van der Waals surface area contributed by atoms with Gasteiger partial charge in [-0.25, -0.2) is 0 Å². The van der Waals surface area contributed by atoms with Crippen LogP contribution in [-0.2, 0) is 4.79 Å². The number of likely N-dealkylation sites (N-methyl/N-ethyl adjacent to an activating group) is 1. The number of halogens is 1. The van der Waals surface area contributed by atoms with Crippen molar-refractivity contribution in [3.05, 3.63) is 29.3 Å². The van der Waals surface area contributed by atoms with E-state index in [1.165, 1.54) is 0 Å². The van der Waals surface area contributed by atoms with Crippen LogP contribution in [0.15, 0.2) is 24.3 Å². The molecule has 0 radical (unpaired) electrons. The van der Waals surface area contributed by atoms with Crippen molar-refractivity contribution in [2.24, 2.45) is 0 Å². The van der Waals surface area contributed by atoms with Gasteiger partial charge in [0.15, 0.2) is 6.10 Å². The molecule has 0 unspecified atom stereocenters. The molecule has 1 aromatic carbocycles. The summed E-state index contributed by atoms with van der Waals surface area (Å²) in [5.41, 5.74) is 0. The second-order valence-electron chi connectivity index (χ2n) is 2.83. The minimum Gasteiger partial charge on any atom is -0.481 e. The number of hydrogen-bond donors (Lipinski definition) is 1. The number of nitrogens with one attached hydrogen (secondary N) is 1. The van der Waals surface area contributed by atoms with Crippen molar-refractivity contribution in [2.45, 2.75) is 13.0 Å². The highest BCUT2D eigenvalue weighted by molar-refractivity contribution is 6.30. The minimum absolute atomic E-state index is 0.153. The molecule has 1 aromatic rings. The van der Waals surface area contributed by atoms with E-state index >= 15 is 0 Å². The van der Waals surface area contributed by atoms with Crippen LogP contribution in [-0.4, -0.2) is 19.1 Å². The van der Waals surface area contributed by atoms with E-state index in [0.717, 1.165) is 0 Å². The van der Waals surface area contributed by atoms with Crippen molar-refractivity contribution in [2.75, 3.05) is 7.05 Å². The predicted octanol–water partition coefficient (Wildman–Crippen LogP) is 1.85. The van der Waals surface area contributed by atoms with Gasteiger partial charge < -0.3 is 10.1 Å². The van der Waals surface area contributed by atoms with Crippen molar-refractivity contribution in [1.82, 2.24) is 5.32 Å². The zero-order valence-electron chi connectivity index (χ0n) is 8.08. The van der Waals surface area contributed by atoms with Gasteiger partial charge >= 0.3 is 0 Å². The van der Waals surface area contributed by atoms with Crippen LogP contribution in [0.2, 0.25) is 5.02 Å². The van der Waals surface area contributed by atoms with Crippen molar-refractivity contribution in [1.29, 1.82) is 0 Å². The lowest BCUT2D eigenvalue weighted by Crippen LogP contribution is -2.33. The number of rotatable bonds is 3. The summed E-state index contributed by atoms with van der Waals surface area (Å²) in [4.78, 5) is 11.1. The molecule has 1 N–H and O–H groups in total. The normalized spacial score (nSPS) is 11.9. The van der Waals surface area contributed by atoms with Crippen LogP contribution in [0.4, 0.5) is 0 Å². The molecule has 0 bridgehead atoms. The average Bonchev–Trinajstić information content (AvgIpc) is 2.20. The number of carbonyl (C=O) groups excluding carboxylic acids is 1. The smallest absolute Gasteiger partial charge is 0.260 e. The molecule has 0 aliphatic rings. The highest BCUT2D eigenvalue weighted by atomic mass is 35.5. The molecular weight excluding hydrogens is 202 g/mol. The van der Waals surface area contributed by atoms with Crippen molar-refractivity contribution >= 4 is 17.5 Å². The van der Waals surface area contributed by atoms with E-state index in [-0.39, 0.29) is 5.91 Å². The van der Waals surface area contributed by atoms with Crippen LogP contribution in [0.3, 0.4) is 0 Å². The van der Waals surface area contributed by atoms with Crippen molar-refractivity contribution in [3.63, 3.8) is 0 Å². The van der Waals surface area contributed by atoms with Crippen molar-refractivity contribution < 1.29 is 9.53 Å². The van der Waals surface area contributed by atoms with E-state index in [4.69, 9.17) is 16.3 Å². The largest absolute Gasteiger partial charge is 0.481 e. The summed E-state index contributed by atoms with van der Waals surface area (Å²) in [6.45, 7) is 1.69. The van der Waals surface area contributed by atoms with E-state index in [9.17, 15) is 4.79 Å². The maximum Gasteiger partial charge on any atom is 0.260 e. The molecule has 14 heavy (non-hydrogen) atoms. The Morgan fingerprint density at radius 2 is 2.00 bits per heavy atom. The molecule has 0 aromatic heterocycles. The van der Waals surface area contributed by atoms with E-state index < -0.39 is 6.10 Å². The molecule has 0 saturated heterocycles. The van der Waals surface area contributed by atoms with Gasteiger partial charge in [0.05, 0.1) is 0 Å².